The predicted octanol–water partition coefficient (Wildman–Crippen LogP) is 1.70. The third-order valence-corrected chi connectivity index (χ3v) is 4.62. The minimum atomic E-state index is -0.286. The quantitative estimate of drug-likeness (QED) is 0.933. The van der Waals surface area contributed by atoms with Gasteiger partial charge in [-0.2, -0.15) is 5.26 Å². The summed E-state index contributed by atoms with van der Waals surface area (Å²) in [4.78, 5) is 4.74. The molecule has 2 atom stereocenters. The molecule has 0 bridgehead atoms. The number of β-amino-alcohol motifs (C(OH)–C–C–N with tert-alkyl or cyclic N) is 1. The molecule has 2 aromatic heterocycles. The van der Waals surface area contributed by atoms with Gasteiger partial charge < -0.3 is 9.51 Å². The molecule has 1 fully saturated rings. The van der Waals surface area contributed by atoms with Crippen LogP contribution in [0.25, 0.3) is 5.52 Å². The van der Waals surface area contributed by atoms with Gasteiger partial charge in [0, 0.05) is 56.7 Å². The van der Waals surface area contributed by atoms with Crippen LogP contribution in [0.4, 0.5) is 0 Å². The lowest BCUT2D eigenvalue weighted by atomic mass is 10.1. The van der Waals surface area contributed by atoms with Gasteiger partial charge in [0.25, 0.3) is 0 Å². The Morgan fingerprint density at radius 2 is 2.22 bits per heavy atom. The molecule has 0 saturated carbocycles. The zero-order valence-electron chi connectivity index (χ0n) is 13.8. The van der Waals surface area contributed by atoms with Crippen molar-refractivity contribution in [2.24, 2.45) is 0 Å². The summed E-state index contributed by atoms with van der Waals surface area (Å²) >= 11 is 0. The lowest BCUT2D eigenvalue weighted by Crippen LogP contribution is -2.53. The van der Waals surface area contributed by atoms with E-state index in [0.717, 1.165) is 49.4 Å². The fourth-order valence-electron chi connectivity index (χ4n) is 3.49. The van der Waals surface area contributed by atoms with E-state index in [4.69, 9.17) is 0 Å². The van der Waals surface area contributed by atoms with Crippen LogP contribution in [0, 0.1) is 11.3 Å². The van der Waals surface area contributed by atoms with E-state index in [0.29, 0.717) is 6.04 Å². The molecule has 0 aliphatic carbocycles. The lowest BCUT2D eigenvalue weighted by molar-refractivity contribution is 0.0423. The van der Waals surface area contributed by atoms with Crippen molar-refractivity contribution in [3.63, 3.8) is 0 Å². The highest BCUT2D eigenvalue weighted by molar-refractivity contribution is 5.65. The van der Waals surface area contributed by atoms with Crippen LogP contribution >= 0.6 is 0 Å². The zero-order chi connectivity index (χ0) is 16.4. The Kier molecular flexibility index (Phi) is 4.67. The maximum Gasteiger partial charge on any atom is 0.102 e. The molecule has 2 aromatic rings. The first kappa shape index (κ1) is 16.0. The minimum absolute atomic E-state index is 0.286. The highest BCUT2D eigenvalue weighted by Crippen LogP contribution is 2.21. The Hall–Kier alpha value is -1.87. The highest BCUT2D eigenvalue weighted by Gasteiger charge is 2.25. The number of pyridine rings is 1. The third-order valence-electron chi connectivity index (χ3n) is 4.62. The van der Waals surface area contributed by atoms with Crippen molar-refractivity contribution in [2.75, 3.05) is 26.2 Å². The van der Waals surface area contributed by atoms with E-state index in [1.165, 1.54) is 0 Å². The van der Waals surface area contributed by atoms with E-state index in [1.807, 2.05) is 35.7 Å². The second-order valence-corrected chi connectivity index (χ2v) is 6.56. The molecule has 23 heavy (non-hydrogen) atoms. The lowest BCUT2D eigenvalue weighted by Gasteiger charge is -2.40. The number of aliphatic hydroxyl groups is 1. The number of hydrogen-bond donors (Lipinski definition) is 1. The van der Waals surface area contributed by atoms with Gasteiger partial charge in [-0.05, 0) is 26.0 Å². The Bertz CT molecular complexity index is 715. The Labute approximate surface area is 137 Å². The fraction of sp³-hybridized carbons (Fsp3) is 0.500. The molecule has 0 spiro atoms. The molecule has 5 nitrogen and oxygen atoms in total. The van der Waals surface area contributed by atoms with Crippen LogP contribution < -0.4 is 0 Å². The average molecular weight is 312 g/mol. The number of nitriles is 1. The topological polar surface area (TPSA) is 54.9 Å². The Morgan fingerprint density at radius 1 is 1.39 bits per heavy atom. The van der Waals surface area contributed by atoms with Crippen LogP contribution in [0.1, 0.15) is 25.0 Å². The summed E-state index contributed by atoms with van der Waals surface area (Å²) in [5.41, 5.74) is 2.85. The van der Waals surface area contributed by atoms with E-state index in [1.54, 1.807) is 0 Å². The van der Waals surface area contributed by atoms with Crippen LogP contribution in [-0.2, 0) is 6.54 Å². The summed E-state index contributed by atoms with van der Waals surface area (Å²) in [7, 11) is 0. The second-order valence-electron chi connectivity index (χ2n) is 6.56. The van der Waals surface area contributed by atoms with Gasteiger partial charge in [-0.1, -0.05) is 6.07 Å². The fourth-order valence-corrected chi connectivity index (χ4v) is 3.49. The van der Waals surface area contributed by atoms with Gasteiger partial charge in [-0.25, -0.2) is 0 Å². The first-order valence-corrected chi connectivity index (χ1v) is 8.21. The number of nitrogens with zero attached hydrogens (tertiary/aromatic N) is 4. The van der Waals surface area contributed by atoms with Gasteiger partial charge >= 0.3 is 0 Å². The van der Waals surface area contributed by atoms with Gasteiger partial charge in [0.05, 0.1) is 17.2 Å². The van der Waals surface area contributed by atoms with Crippen LogP contribution in [0.2, 0.25) is 0 Å². The van der Waals surface area contributed by atoms with Crippen LogP contribution in [0.15, 0.2) is 30.6 Å². The summed E-state index contributed by atoms with van der Waals surface area (Å²) in [5, 5.41) is 19.1. The Balaban J connectivity index is 1.73. The molecule has 0 amide bonds. The third kappa shape index (κ3) is 3.40. The summed E-state index contributed by atoms with van der Waals surface area (Å²) < 4.78 is 2.03. The van der Waals surface area contributed by atoms with Crippen molar-refractivity contribution < 1.29 is 5.11 Å². The first-order chi connectivity index (χ1) is 11.1. The molecule has 1 N–H and O–H groups in total. The smallest absolute Gasteiger partial charge is 0.102 e. The van der Waals surface area contributed by atoms with Gasteiger partial charge in [0.1, 0.15) is 6.07 Å². The molecular weight excluding hydrogens is 288 g/mol. The number of fused-ring (bicyclic) bond motifs is 1. The van der Waals surface area contributed by atoms with Crippen molar-refractivity contribution in [1.29, 1.82) is 5.26 Å². The van der Waals surface area contributed by atoms with E-state index >= 15 is 0 Å². The monoisotopic (exact) mass is 312 g/mol. The van der Waals surface area contributed by atoms with Crippen molar-refractivity contribution in [3.05, 3.63) is 41.7 Å². The predicted molar refractivity (Wildman–Crippen MR) is 90.1 cm³/mol. The van der Waals surface area contributed by atoms with Crippen LogP contribution in [-0.4, -0.2) is 57.6 Å². The molecule has 0 aromatic carbocycles. The standard InChI is InChI=1S/C18H24N4O/c1-14-10-20(7-8-21(14)11-15(2)23)12-16-13-22-6-4-3-5-18(22)17(16)9-19/h3-6,13-15,23H,7-8,10-12H2,1-2H3/t14-,15-/m1/s1. The minimum Gasteiger partial charge on any atom is -0.392 e. The van der Waals surface area contributed by atoms with E-state index < -0.39 is 0 Å². The molecule has 1 aliphatic heterocycles. The largest absolute Gasteiger partial charge is 0.392 e. The second kappa shape index (κ2) is 6.71. The van der Waals surface area contributed by atoms with Crippen LogP contribution in [0.5, 0.6) is 0 Å². The summed E-state index contributed by atoms with van der Waals surface area (Å²) in [6.07, 6.45) is 3.77. The van der Waals surface area contributed by atoms with E-state index in [9.17, 15) is 10.4 Å². The molecule has 0 radical (unpaired) electrons. The summed E-state index contributed by atoms with van der Waals surface area (Å²) in [5.74, 6) is 0. The number of aromatic nitrogens is 1. The molecular formula is C18H24N4O. The van der Waals surface area contributed by atoms with Gasteiger partial charge in [-0.15, -0.1) is 0 Å². The van der Waals surface area contributed by atoms with Gasteiger partial charge in [0.2, 0.25) is 0 Å². The molecule has 1 aliphatic rings. The summed E-state index contributed by atoms with van der Waals surface area (Å²) in [6, 6.07) is 8.72. The van der Waals surface area contributed by atoms with E-state index in [-0.39, 0.29) is 6.10 Å². The van der Waals surface area contributed by atoms with Crippen molar-refractivity contribution in [1.82, 2.24) is 14.2 Å². The highest BCUT2D eigenvalue weighted by atomic mass is 16.3. The van der Waals surface area contributed by atoms with Crippen molar-refractivity contribution in [2.45, 2.75) is 32.5 Å². The average Bonchev–Trinajstić information content (AvgIpc) is 2.86. The first-order valence-electron chi connectivity index (χ1n) is 8.21. The van der Waals surface area contributed by atoms with Gasteiger partial charge in [-0.3, -0.25) is 9.80 Å². The van der Waals surface area contributed by atoms with Crippen LogP contribution in [0.3, 0.4) is 0 Å². The molecule has 5 heteroatoms. The molecule has 3 heterocycles. The van der Waals surface area contributed by atoms with Crippen molar-refractivity contribution in [3.8, 4) is 6.07 Å². The van der Waals surface area contributed by atoms with Crippen molar-refractivity contribution >= 4 is 5.52 Å². The van der Waals surface area contributed by atoms with E-state index in [2.05, 4.69) is 29.0 Å². The number of piperazine rings is 1. The SMILES string of the molecule is C[C@@H]1CN(Cc2cn3ccccc3c2C#N)CCN1C[C@@H](C)O. The number of aliphatic hydroxyl groups excluding tert-OH is 1. The van der Waals surface area contributed by atoms with Gasteiger partial charge in [0.15, 0.2) is 0 Å². The molecule has 1 saturated heterocycles. The maximum absolute atomic E-state index is 9.58. The summed E-state index contributed by atoms with van der Waals surface area (Å²) in [6.45, 7) is 8.46. The maximum atomic E-state index is 9.58. The normalized spacial score (nSPS) is 21.4. The zero-order valence-corrected chi connectivity index (χ0v) is 13.8. The number of rotatable bonds is 4. The molecule has 122 valence electrons. The number of hydrogen-bond acceptors (Lipinski definition) is 4. The Morgan fingerprint density at radius 3 is 2.91 bits per heavy atom. The molecule has 3 rings (SSSR count). The molecule has 0 unspecified atom stereocenters.